The third kappa shape index (κ3) is 4.68. The standard InChI is InChI=1S/C14H17FN2O3.ClH/c1-9-2-3-11(6-12(9)15)16-13(18)8-17-5-4-10(7-17)14(19)20;/h2-3,6,10H,4-5,7-8H2,1H3,(H,16,18)(H,19,20);1H. The van der Waals surface area contributed by atoms with Crippen molar-refractivity contribution in [1.29, 1.82) is 0 Å². The van der Waals surface area contributed by atoms with Crippen molar-refractivity contribution in [1.82, 2.24) is 4.90 Å². The van der Waals surface area contributed by atoms with E-state index >= 15 is 0 Å². The molecule has 0 aliphatic carbocycles. The third-order valence-corrected chi connectivity index (χ3v) is 3.44. The Bertz CT molecular complexity index is 539. The van der Waals surface area contributed by atoms with Crippen molar-refractivity contribution in [3.63, 3.8) is 0 Å². The summed E-state index contributed by atoms with van der Waals surface area (Å²) < 4.78 is 13.3. The van der Waals surface area contributed by atoms with Gasteiger partial charge < -0.3 is 10.4 Å². The van der Waals surface area contributed by atoms with Gasteiger partial charge in [0.2, 0.25) is 5.91 Å². The molecule has 116 valence electrons. The number of nitrogens with zero attached hydrogens (tertiary/aromatic N) is 1. The van der Waals surface area contributed by atoms with Crippen LogP contribution in [-0.4, -0.2) is 41.5 Å². The van der Waals surface area contributed by atoms with Gasteiger partial charge in [-0.2, -0.15) is 0 Å². The van der Waals surface area contributed by atoms with Crippen molar-refractivity contribution in [3.8, 4) is 0 Å². The van der Waals surface area contributed by atoms with Gasteiger partial charge in [0.05, 0.1) is 12.5 Å². The molecule has 2 N–H and O–H groups in total. The molecule has 0 bridgehead atoms. The minimum Gasteiger partial charge on any atom is -0.481 e. The number of amides is 1. The number of aryl methyl sites for hydroxylation is 1. The monoisotopic (exact) mass is 316 g/mol. The molecule has 1 atom stereocenters. The largest absolute Gasteiger partial charge is 0.481 e. The Morgan fingerprint density at radius 2 is 2.19 bits per heavy atom. The molecule has 1 aromatic carbocycles. The summed E-state index contributed by atoms with van der Waals surface area (Å²) in [6, 6.07) is 4.51. The zero-order chi connectivity index (χ0) is 14.7. The van der Waals surface area contributed by atoms with Crippen molar-refractivity contribution in [2.24, 2.45) is 5.92 Å². The van der Waals surface area contributed by atoms with E-state index in [1.54, 1.807) is 24.0 Å². The van der Waals surface area contributed by atoms with Gasteiger partial charge in [-0.25, -0.2) is 4.39 Å². The van der Waals surface area contributed by atoms with Crippen molar-refractivity contribution < 1.29 is 19.1 Å². The van der Waals surface area contributed by atoms with Gasteiger partial charge in [-0.3, -0.25) is 14.5 Å². The van der Waals surface area contributed by atoms with Crippen LogP contribution < -0.4 is 5.32 Å². The third-order valence-electron chi connectivity index (χ3n) is 3.44. The highest BCUT2D eigenvalue weighted by atomic mass is 35.5. The van der Waals surface area contributed by atoms with E-state index in [2.05, 4.69) is 5.32 Å². The second-order valence-corrected chi connectivity index (χ2v) is 5.07. The molecule has 2 rings (SSSR count). The molecular weight excluding hydrogens is 299 g/mol. The maximum absolute atomic E-state index is 13.3. The highest BCUT2D eigenvalue weighted by Crippen LogP contribution is 2.17. The number of carboxylic acid groups (broad SMARTS) is 1. The van der Waals surface area contributed by atoms with Gasteiger partial charge >= 0.3 is 5.97 Å². The number of hydrogen-bond donors (Lipinski definition) is 2. The summed E-state index contributed by atoms with van der Waals surface area (Å²) in [6.45, 7) is 2.74. The molecule has 1 aliphatic heterocycles. The van der Waals surface area contributed by atoms with E-state index in [1.807, 2.05) is 0 Å². The highest BCUT2D eigenvalue weighted by molar-refractivity contribution is 5.92. The van der Waals surface area contributed by atoms with Crippen LogP contribution in [-0.2, 0) is 9.59 Å². The molecule has 0 radical (unpaired) electrons. The summed E-state index contributed by atoms with van der Waals surface area (Å²) in [5.74, 6) is -1.86. The maximum atomic E-state index is 13.3. The second kappa shape index (κ2) is 7.38. The van der Waals surface area contributed by atoms with Gasteiger partial charge in [0.1, 0.15) is 5.82 Å². The topological polar surface area (TPSA) is 69.6 Å². The van der Waals surface area contributed by atoms with Crippen LogP contribution in [0.4, 0.5) is 10.1 Å². The molecule has 5 nitrogen and oxygen atoms in total. The molecule has 1 saturated heterocycles. The molecule has 1 aromatic rings. The number of carboxylic acids is 1. The van der Waals surface area contributed by atoms with Crippen molar-refractivity contribution in [2.45, 2.75) is 13.3 Å². The van der Waals surface area contributed by atoms with Gasteiger partial charge in [-0.1, -0.05) is 6.07 Å². The van der Waals surface area contributed by atoms with E-state index in [0.717, 1.165) is 0 Å². The highest BCUT2D eigenvalue weighted by Gasteiger charge is 2.28. The smallest absolute Gasteiger partial charge is 0.307 e. The molecule has 7 heteroatoms. The Labute approximate surface area is 128 Å². The van der Waals surface area contributed by atoms with Crippen LogP contribution in [0.15, 0.2) is 18.2 Å². The number of rotatable bonds is 4. The Morgan fingerprint density at radius 3 is 2.76 bits per heavy atom. The first-order valence-corrected chi connectivity index (χ1v) is 6.47. The van der Waals surface area contributed by atoms with Crippen LogP contribution in [0.3, 0.4) is 0 Å². The van der Waals surface area contributed by atoms with Gasteiger partial charge in [-0.15, -0.1) is 12.4 Å². The Balaban J connectivity index is 0.00000220. The number of carbonyl (C=O) groups excluding carboxylic acids is 1. The Kier molecular flexibility index (Phi) is 6.11. The van der Waals surface area contributed by atoms with Crippen LogP contribution >= 0.6 is 12.4 Å². The van der Waals surface area contributed by atoms with E-state index in [-0.39, 0.29) is 30.7 Å². The number of aliphatic carboxylic acids is 1. The number of hydrogen-bond acceptors (Lipinski definition) is 3. The quantitative estimate of drug-likeness (QED) is 0.890. The molecule has 1 unspecified atom stereocenters. The molecule has 0 spiro atoms. The number of nitrogens with one attached hydrogen (secondary N) is 1. The molecule has 0 aromatic heterocycles. The van der Waals surface area contributed by atoms with Crippen LogP contribution in [0.2, 0.25) is 0 Å². The van der Waals surface area contributed by atoms with E-state index in [0.29, 0.717) is 30.8 Å². The van der Waals surface area contributed by atoms with Crippen LogP contribution in [0, 0.1) is 18.7 Å². The molecule has 1 heterocycles. The zero-order valence-corrected chi connectivity index (χ0v) is 12.5. The first-order chi connectivity index (χ1) is 9.45. The van der Waals surface area contributed by atoms with Gasteiger partial charge in [0, 0.05) is 12.2 Å². The van der Waals surface area contributed by atoms with E-state index in [9.17, 15) is 14.0 Å². The fraction of sp³-hybridized carbons (Fsp3) is 0.429. The Morgan fingerprint density at radius 1 is 1.48 bits per heavy atom. The SMILES string of the molecule is Cc1ccc(NC(=O)CN2CCC(C(=O)O)C2)cc1F.Cl. The lowest BCUT2D eigenvalue weighted by Gasteiger charge is -2.15. The average Bonchev–Trinajstić information content (AvgIpc) is 2.82. The fourth-order valence-corrected chi connectivity index (χ4v) is 2.25. The predicted octanol–water partition coefficient (Wildman–Crippen LogP) is 1.90. The molecular formula is C14H18ClFN2O3. The summed E-state index contributed by atoms with van der Waals surface area (Å²) in [4.78, 5) is 24.4. The summed E-state index contributed by atoms with van der Waals surface area (Å²) in [7, 11) is 0. The lowest BCUT2D eigenvalue weighted by Crippen LogP contribution is -2.32. The van der Waals surface area contributed by atoms with Crippen molar-refractivity contribution in [3.05, 3.63) is 29.6 Å². The van der Waals surface area contributed by atoms with Crippen LogP contribution in [0.1, 0.15) is 12.0 Å². The van der Waals surface area contributed by atoms with Crippen molar-refractivity contribution >= 4 is 30.0 Å². The lowest BCUT2D eigenvalue weighted by molar-refractivity contribution is -0.141. The first-order valence-electron chi connectivity index (χ1n) is 6.47. The van der Waals surface area contributed by atoms with Gasteiger partial charge in [-0.05, 0) is 37.6 Å². The normalized spacial score (nSPS) is 18.1. The summed E-state index contributed by atoms with van der Waals surface area (Å²) in [5, 5.41) is 11.5. The first kappa shape index (κ1) is 17.4. The minimum atomic E-state index is -0.825. The number of halogens is 2. The van der Waals surface area contributed by atoms with Crippen LogP contribution in [0.25, 0.3) is 0 Å². The number of anilines is 1. The zero-order valence-electron chi connectivity index (χ0n) is 11.6. The van der Waals surface area contributed by atoms with Crippen LogP contribution in [0.5, 0.6) is 0 Å². The summed E-state index contributed by atoms with van der Waals surface area (Å²) in [5.41, 5.74) is 0.930. The molecule has 21 heavy (non-hydrogen) atoms. The number of benzene rings is 1. The second-order valence-electron chi connectivity index (χ2n) is 5.07. The van der Waals surface area contributed by atoms with E-state index in [1.165, 1.54) is 6.07 Å². The fourth-order valence-electron chi connectivity index (χ4n) is 2.25. The van der Waals surface area contributed by atoms with Crippen molar-refractivity contribution in [2.75, 3.05) is 25.0 Å². The minimum absolute atomic E-state index is 0. The lowest BCUT2D eigenvalue weighted by atomic mass is 10.1. The van der Waals surface area contributed by atoms with E-state index < -0.39 is 11.9 Å². The molecule has 1 aliphatic rings. The maximum Gasteiger partial charge on any atom is 0.307 e. The summed E-state index contributed by atoms with van der Waals surface area (Å²) >= 11 is 0. The average molecular weight is 317 g/mol. The predicted molar refractivity (Wildman–Crippen MR) is 79.2 cm³/mol. The Hall–Kier alpha value is -1.66. The molecule has 1 fully saturated rings. The summed E-state index contributed by atoms with van der Waals surface area (Å²) in [6.07, 6.45) is 0.557. The van der Waals surface area contributed by atoms with Gasteiger partial charge in [0.15, 0.2) is 0 Å². The molecule has 0 saturated carbocycles. The molecule has 1 amide bonds. The number of likely N-dealkylation sites (tertiary alicyclic amines) is 1. The van der Waals surface area contributed by atoms with E-state index in [4.69, 9.17) is 5.11 Å². The number of carbonyl (C=O) groups is 2. The van der Waals surface area contributed by atoms with Gasteiger partial charge in [0.25, 0.3) is 0 Å².